The van der Waals surface area contributed by atoms with Crippen LogP contribution < -0.4 is 4.90 Å². The van der Waals surface area contributed by atoms with Crippen molar-refractivity contribution < 1.29 is 18.3 Å². The monoisotopic (exact) mass is 531 g/mol. The van der Waals surface area contributed by atoms with Gasteiger partial charge in [0, 0.05) is 16.2 Å². The highest BCUT2D eigenvalue weighted by atomic mass is 127. The summed E-state index contributed by atoms with van der Waals surface area (Å²) < 4.78 is 28.4. The van der Waals surface area contributed by atoms with Gasteiger partial charge in [-0.1, -0.05) is 43.4 Å². The van der Waals surface area contributed by atoms with Gasteiger partial charge in [-0.2, -0.15) is 5.10 Å². The van der Waals surface area contributed by atoms with E-state index >= 15 is 0 Å². The number of halogens is 2. The molecule has 1 aromatic carbocycles. The first-order valence-electron chi connectivity index (χ1n) is 9.53. The molecule has 0 bridgehead atoms. The first-order valence-corrected chi connectivity index (χ1v) is 14.0. The molecule has 1 aliphatic rings. The first-order chi connectivity index (χ1) is 13.5. The standard InChI is InChI=1S/C20H27FIN3O3Si/c1-20(2,3)29(4,5)27-13-14-10-23-25(11-14)18-7-6-15(8-17(18)21)24-12-16(9-22)28-19(24)26/h6-8,10-11,16H,9,12-13H2,1-5H3/t16-/m0/s1. The maximum absolute atomic E-state index is 14.8. The summed E-state index contributed by atoms with van der Waals surface area (Å²) in [5.41, 5.74) is 1.70. The molecule has 1 saturated heterocycles. The van der Waals surface area contributed by atoms with E-state index in [9.17, 15) is 9.18 Å². The second kappa shape index (κ2) is 8.35. The first kappa shape index (κ1) is 22.2. The zero-order valence-corrected chi connectivity index (χ0v) is 20.6. The molecule has 158 valence electrons. The number of aromatic nitrogens is 2. The lowest BCUT2D eigenvalue weighted by atomic mass is 10.2. The number of amides is 1. The molecule has 1 amide bonds. The lowest BCUT2D eigenvalue weighted by Crippen LogP contribution is -2.40. The normalized spacial score (nSPS) is 17.7. The van der Waals surface area contributed by atoms with Gasteiger partial charge in [-0.15, -0.1) is 0 Å². The highest BCUT2D eigenvalue weighted by Gasteiger charge is 2.37. The van der Waals surface area contributed by atoms with Crippen molar-refractivity contribution in [3.8, 4) is 5.69 Å². The highest BCUT2D eigenvalue weighted by Crippen LogP contribution is 2.37. The molecule has 0 aliphatic carbocycles. The molecule has 1 aromatic heterocycles. The van der Waals surface area contributed by atoms with E-state index in [2.05, 4.69) is 61.6 Å². The van der Waals surface area contributed by atoms with Crippen LogP contribution in [0.4, 0.5) is 14.9 Å². The number of alkyl halides is 1. The number of benzene rings is 1. The fourth-order valence-electron chi connectivity index (χ4n) is 2.71. The van der Waals surface area contributed by atoms with Crippen molar-refractivity contribution in [1.82, 2.24) is 9.78 Å². The van der Waals surface area contributed by atoms with Crippen LogP contribution in [0.25, 0.3) is 5.69 Å². The van der Waals surface area contributed by atoms with Gasteiger partial charge >= 0.3 is 6.09 Å². The smallest absolute Gasteiger partial charge is 0.414 e. The van der Waals surface area contributed by atoms with Gasteiger partial charge in [0.25, 0.3) is 0 Å². The van der Waals surface area contributed by atoms with Crippen LogP contribution in [0.5, 0.6) is 0 Å². The average molecular weight is 531 g/mol. The number of hydrogen-bond acceptors (Lipinski definition) is 4. The van der Waals surface area contributed by atoms with Crippen molar-refractivity contribution in [1.29, 1.82) is 0 Å². The van der Waals surface area contributed by atoms with Gasteiger partial charge < -0.3 is 9.16 Å². The fraction of sp³-hybridized carbons (Fsp3) is 0.500. The minimum absolute atomic E-state index is 0.123. The topological polar surface area (TPSA) is 56.6 Å². The number of rotatable bonds is 6. The lowest BCUT2D eigenvalue weighted by molar-refractivity contribution is 0.152. The molecule has 2 heterocycles. The quantitative estimate of drug-likeness (QED) is 0.289. The van der Waals surface area contributed by atoms with Crippen LogP contribution in [0.2, 0.25) is 18.1 Å². The second-order valence-corrected chi connectivity index (χ2v) is 14.4. The summed E-state index contributed by atoms with van der Waals surface area (Å²) >= 11 is 2.17. The number of cyclic esters (lactones) is 1. The van der Waals surface area contributed by atoms with Gasteiger partial charge in [-0.05, 0) is 36.3 Å². The molecular formula is C20H27FIN3O3Si. The molecule has 9 heteroatoms. The molecule has 1 fully saturated rings. The van der Waals surface area contributed by atoms with Gasteiger partial charge in [0.05, 0.1) is 25.0 Å². The molecule has 1 atom stereocenters. The predicted octanol–water partition coefficient (Wildman–Crippen LogP) is 5.29. The van der Waals surface area contributed by atoms with E-state index in [1.54, 1.807) is 24.5 Å². The number of nitrogens with zero attached hydrogens (tertiary/aromatic N) is 3. The van der Waals surface area contributed by atoms with Crippen molar-refractivity contribution in [3.05, 3.63) is 42.0 Å². The molecule has 2 aromatic rings. The van der Waals surface area contributed by atoms with Gasteiger partial charge in [0.15, 0.2) is 14.1 Å². The summed E-state index contributed by atoms with van der Waals surface area (Å²) in [5.74, 6) is -0.451. The molecular weight excluding hydrogens is 504 g/mol. The second-order valence-electron chi connectivity index (χ2n) is 8.75. The zero-order chi connectivity index (χ0) is 21.4. The fourth-order valence-corrected chi connectivity index (χ4v) is 4.13. The summed E-state index contributed by atoms with van der Waals surface area (Å²) in [5, 5.41) is 4.41. The largest absolute Gasteiger partial charge is 0.443 e. The molecule has 1 aliphatic heterocycles. The van der Waals surface area contributed by atoms with E-state index in [4.69, 9.17) is 9.16 Å². The number of carbonyl (C=O) groups excluding carboxylic acids is 1. The Kier molecular flexibility index (Phi) is 6.40. The zero-order valence-electron chi connectivity index (χ0n) is 17.4. The average Bonchev–Trinajstić information content (AvgIpc) is 3.25. The SMILES string of the molecule is CC(C)(C)[Si](C)(C)OCc1cnn(-c2ccc(N3C[C@H](CI)OC3=O)cc2F)c1. The van der Waals surface area contributed by atoms with Crippen LogP contribution in [-0.4, -0.2) is 41.3 Å². The molecule has 0 radical (unpaired) electrons. The molecule has 0 N–H and O–H groups in total. The van der Waals surface area contributed by atoms with E-state index in [1.165, 1.54) is 15.6 Å². The maximum Gasteiger partial charge on any atom is 0.414 e. The Bertz CT molecular complexity index is 897. The Balaban J connectivity index is 1.73. The van der Waals surface area contributed by atoms with Crippen molar-refractivity contribution in [3.63, 3.8) is 0 Å². The third-order valence-corrected chi connectivity index (χ3v) is 11.0. The molecule has 29 heavy (non-hydrogen) atoms. The molecule has 3 rings (SSSR count). The van der Waals surface area contributed by atoms with Crippen LogP contribution in [0.15, 0.2) is 30.6 Å². The molecule has 6 nitrogen and oxygen atoms in total. The minimum atomic E-state index is -1.87. The Labute approximate surface area is 185 Å². The Morgan fingerprint density at radius 1 is 1.38 bits per heavy atom. The van der Waals surface area contributed by atoms with E-state index < -0.39 is 20.2 Å². The molecule has 0 saturated carbocycles. The van der Waals surface area contributed by atoms with Crippen LogP contribution in [0.3, 0.4) is 0 Å². The van der Waals surface area contributed by atoms with Crippen molar-refractivity contribution >= 4 is 42.7 Å². The number of hydrogen-bond donors (Lipinski definition) is 0. The third kappa shape index (κ3) is 4.83. The van der Waals surface area contributed by atoms with Crippen molar-refractivity contribution in [2.45, 2.75) is 51.6 Å². The van der Waals surface area contributed by atoms with Crippen molar-refractivity contribution in [2.75, 3.05) is 15.9 Å². The number of carbonyl (C=O) groups is 1. The van der Waals surface area contributed by atoms with Gasteiger partial charge in [-0.3, -0.25) is 4.90 Å². The number of anilines is 1. The van der Waals surface area contributed by atoms with Gasteiger partial charge in [0.2, 0.25) is 0 Å². The van der Waals surface area contributed by atoms with E-state index in [-0.39, 0.29) is 11.1 Å². The Hall–Kier alpha value is -1.46. The highest BCUT2D eigenvalue weighted by molar-refractivity contribution is 14.1. The Morgan fingerprint density at radius 3 is 2.69 bits per heavy atom. The maximum atomic E-state index is 14.8. The third-order valence-electron chi connectivity index (χ3n) is 5.58. The van der Waals surface area contributed by atoms with Crippen LogP contribution in [0, 0.1) is 5.82 Å². The van der Waals surface area contributed by atoms with E-state index in [0.717, 1.165) is 5.56 Å². The van der Waals surface area contributed by atoms with Crippen LogP contribution >= 0.6 is 22.6 Å². The van der Waals surface area contributed by atoms with E-state index in [0.29, 0.717) is 29.0 Å². The van der Waals surface area contributed by atoms with E-state index in [1.807, 2.05) is 0 Å². The molecule has 0 spiro atoms. The lowest BCUT2D eigenvalue weighted by Gasteiger charge is -2.36. The van der Waals surface area contributed by atoms with Gasteiger partial charge in [0.1, 0.15) is 11.8 Å². The Morgan fingerprint density at radius 2 is 2.10 bits per heavy atom. The predicted molar refractivity (Wildman–Crippen MR) is 122 cm³/mol. The summed E-state index contributed by atoms with van der Waals surface area (Å²) in [6.45, 7) is 11.8. The summed E-state index contributed by atoms with van der Waals surface area (Å²) in [6.07, 6.45) is 2.87. The summed E-state index contributed by atoms with van der Waals surface area (Å²) in [6, 6.07) is 4.68. The summed E-state index contributed by atoms with van der Waals surface area (Å²) in [7, 11) is -1.87. The molecule has 0 unspecified atom stereocenters. The number of ether oxygens (including phenoxy) is 1. The van der Waals surface area contributed by atoms with Crippen LogP contribution in [0.1, 0.15) is 26.3 Å². The van der Waals surface area contributed by atoms with Crippen LogP contribution in [-0.2, 0) is 15.8 Å². The van der Waals surface area contributed by atoms with Crippen molar-refractivity contribution in [2.24, 2.45) is 0 Å². The summed E-state index contributed by atoms with van der Waals surface area (Å²) in [4.78, 5) is 13.4. The minimum Gasteiger partial charge on any atom is -0.443 e. The van der Waals surface area contributed by atoms with Gasteiger partial charge in [-0.25, -0.2) is 13.9 Å².